The summed E-state index contributed by atoms with van der Waals surface area (Å²) in [5, 5.41) is 14.8. The number of methoxy groups -OCH3 is 1. The normalized spacial score (nSPS) is 20.0. The number of fused-ring (bicyclic) bond motifs is 2. The minimum Gasteiger partial charge on any atom is -0.502 e. The van der Waals surface area contributed by atoms with Gasteiger partial charge in [-0.25, -0.2) is 0 Å². The van der Waals surface area contributed by atoms with Gasteiger partial charge < -0.3 is 20.1 Å². The predicted octanol–water partition coefficient (Wildman–Crippen LogP) is 5.74. The second kappa shape index (κ2) is 9.78. The molecule has 2 aliphatic rings. The van der Waals surface area contributed by atoms with Gasteiger partial charge in [-0.05, 0) is 42.8 Å². The van der Waals surface area contributed by atoms with Gasteiger partial charge in [-0.15, -0.1) is 11.8 Å². The van der Waals surface area contributed by atoms with Gasteiger partial charge >= 0.3 is 0 Å². The molecule has 4 rings (SSSR count). The zero-order valence-electron chi connectivity index (χ0n) is 18.5. The highest BCUT2D eigenvalue weighted by Gasteiger charge is 2.61. The van der Waals surface area contributed by atoms with Crippen molar-refractivity contribution >= 4 is 52.5 Å². The number of aliphatic hydroxyl groups is 1. The van der Waals surface area contributed by atoms with Gasteiger partial charge in [0.1, 0.15) is 5.75 Å². The number of amides is 2. The second-order valence-corrected chi connectivity index (χ2v) is 9.78. The van der Waals surface area contributed by atoms with E-state index in [9.17, 15) is 14.7 Å². The van der Waals surface area contributed by atoms with E-state index in [0.717, 1.165) is 11.3 Å². The molecule has 0 saturated heterocycles. The van der Waals surface area contributed by atoms with Crippen molar-refractivity contribution in [2.45, 2.75) is 18.2 Å². The first kappa shape index (κ1) is 24.3. The summed E-state index contributed by atoms with van der Waals surface area (Å²) in [6.07, 6.45) is 5.11. The summed E-state index contributed by atoms with van der Waals surface area (Å²) in [4.78, 5) is 28.4. The molecule has 2 aromatic carbocycles. The van der Waals surface area contributed by atoms with Crippen LogP contribution >= 0.6 is 35.0 Å². The number of aliphatic hydroxyl groups excluding tert-OH is 1. The Morgan fingerprint density at radius 1 is 1.24 bits per heavy atom. The third-order valence-electron chi connectivity index (χ3n) is 5.64. The van der Waals surface area contributed by atoms with Crippen molar-refractivity contribution in [1.29, 1.82) is 0 Å². The van der Waals surface area contributed by atoms with E-state index in [1.165, 1.54) is 16.7 Å². The smallest absolute Gasteiger partial charge is 0.291 e. The fourth-order valence-electron chi connectivity index (χ4n) is 4.07. The minimum absolute atomic E-state index is 0.0889. The van der Waals surface area contributed by atoms with Gasteiger partial charge in [-0.3, -0.25) is 9.59 Å². The summed E-state index contributed by atoms with van der Waals surface area (Å²) in [7, 11) is 1.59. The molecule has 2 amide bonds. The Morgan fingerprint density at radius 3 is 2.65 bits per heavy atom. The number of nitrogens with zero attached hydrogens (tertiary/aromatic N) is 1. The summed E-state index contributed by atoms with van der Waals surface area (Å²) < 4.78 is 5.20. The van der Waals surface area contributed by atoms with Crippen LogP contribution < -0.4 is 10.1 Å². The molecule has 6 nitrogen and oxygen atoms in total. The van der Waals surface area contributed by atoms with Crippen LogP contribution in [0.4, 0.5) is 5.69 Å². The Balaban J connectivity index is 1.76. The fraction of sp³-hybridized carbons (Fsp3) is 0.200. The van der Waals surface area contributed by atoms with E-state index < -0.39 is 23.1 Å². The van der Waals surface area contributed by atoms with E-state index in [1.807, 2.05) is 24.3 Å². The number of hydrogen-bond acceptors (Lipinski definition) is 5. The van der Waals surface area contributed by atoms with Crippen LogP contribution in [0.1, 0.15) is 18.1 Å². The van der Waals surface area contributed by atoms with Crippen molar-refractivity contribution in [1.82, 2.24) is 4.90 Å². The summed E-state index contributed by atoms with van der Waals surface area (Å²) in [6.45, 7) is 1.83. The number of carbonyl (C=O) groups is 2. The summed E-state index contributed by atoms with van der Waals surface area (Å²) >= 11 is 13.3. The van der Waals surface area contributed by atoms with E-state index in [-0.39, 0.29) is 11.4 Å². The standard InChI is InChI=1S/C25H22Cl2N2O4S/c1-15(26)5-3-4-12-29-23(31)21(30)22(34-14-16-6-9-18(33-2)10-7-16)25(29)19-11-8-17(27)13-20(19)28-24(25)32/h3-11,13,30H,12,14H2,1-2H3,(H,28,32)/b4-3-,15-5+. The van der Waals surface area contributed by atoms with Crippen molar-refractivity contribution in [2.24, 2.45) is 0 Å². The number of carbonyl (C=O) groups excluding carboxylic acids is 2. The van der Waals surface area contributed by atoms with E-state index in [2.05, 4.69) is 5.32 Å². The topological polar surface area (TPSA) is 78.9 Å². The molecule has 0 radical (unpaired) electrons. The fourth-order valence-corrected chi connectivity index (χ4v) is 5.57. The molecule has 0 fully saturated rings. The lowest BCUT2D eigenvalue weighted by molar-refractivity contribution is -0.138. The highest BCUT2D eigenvalue weighted by atomic mass is 35.5. The Labute approximate surface area is 211 Å². The van der Waals surface area contributed by atoms with Gasteiger partial charge in [0.05, 0.1) is 12.0 Å². The Morgan fingerprint density at radius 2 is 1.97 bits per heavy atom. The third-order valence-corrected chi connectivity index (χ3v) is 7.25. The predicted molar refractivity (Wildman–Crippen MR) is 136 cm³/mol. The highest BCUT2D eigenvalue weighted by molar-refractivity contribution is 8.02. The number of nitrogens with one attached hydrogen (secondary N) is 1. The van der Waals surface area contributed by atoms with Crippen LogP contribution in [0.15, 0.2) is 76.4 Å². The SMILES string of the molecule is COc1ccc(CSC2=C(O)C(=O)N(C/C=C\C=C(/C)Cl)C23C(=O)Nc2cc(Cl)ccc23)cc1. The number of anilines is 1. The maximum atomic E-state index is 13.5. The number of halogens is 2. The first-order valence-corrected chi connectivity index (χ1v) is 12.1. The van der Waals surface area contributed by atoms with E-state index in [0.29, 0.717) is 27.1 Å². The molecule has 0 saturated carbocycles. The molecule has 1 unspecified atom stereocenters. The monoisotopic (exact) mass is 516 g/mol. The van der Waals surface area contributed by atoms with Crippen molar-refractivity contribution in [3.8, 4) is 5.75 Å². The number of ether oxygens (including phenoxy) is 1. The molecule has 2 aromatic rings. The maximum absolute atomic E-state index is 13.5. The number of thioether (sulfide) groups is 1. The first-order chi connectivity index (χ1) is 16.3. The van der Waals surface area contributed by atoms with E-state index in [4.69, 9.17) is 27.9 Å². The molecule has 9 heteroatoms. The third kappa shape index (κ3) is 4.19. The van der Waals surface area contributed by atoms with Gasteiger partial charge in [0.15, 0.2) is 11.3 Å². The van der Waals surface area contributed by atoms with E-state index in [1.54, 1.807) is 50.5 Å². The zero-order valence-corrected chi connectivity index (χ0v) is 20.8. The number of allylic oxidation sites excluding steroid dienone is 3. The lowest BCUT2D eigenvalue weighted by Crippen LogP contribution is -2.50. The molecule has 1 spiro atoms. The van der Waals surface area contributed by atoms with Crippen LogP contribution in [-0.4, -0.2) is 35.5 Å². The van der Waals surface area contributed by atoms with Gasteiger partial charge in [0.25, 0.3) is 11.8 Å². The largest absolute Gasteiger partial charge is 0.502 e. The van der Waals surface area contributed by atoms with Gasteiger partial charge in [-0.2, -0.15) is 0 Å². The van der Waals surface area contributed by atoms with Crippen LogP contribution in [-0.2, 0) is 20.9 Å². The van der Waals surface area contributed by atoms with Crippen LogP contribution in [0.25, 0.3) is 0 Å². The molecule has 2 aliphatic heterocycles. The van der Waals surface area contributed by atoms with Crippen molar-refractivity contribution in [2.75, 3.05) is 19.0 Å². The molecule has 176 valence electrons. The second-order valence-electron chi connectivity index (χ2n) is 7.77. The molecular formula is C25H22Cl2N2O4S. The Kier molecular flexibility index (Phi) is 6.98. The van der Waals surface area contributed by atoms with Gasteiger partial charge in [0, 0.05) is 33.6 Å². The van der Waals surface area contributed by atoms with Crippen LogP contribution in [0.2, 0.25) is 5.02 Å². The molecule has 0 bridgehead atoms. The molecule has 34 heavy (non-hydrogen) atoms. The number of rotatable bonds is 7. The first-order valence-electron chi connectivity index (χ1n) is 10.4. The maximum Gasteiger partial charge on any atom is 0.291 e. The molecule has 0 aliphatic carbocycles. The van der Waals surface area contributed by atoms with E-state index >= 15 is 0 Å². The van der Waals surface area contributed by atoms with Crippen molar-refractivity contribution in [3.05, 3.63) is 92.5 Å². The van der Waals surface area contributed by atoms with Gasteiger partial charge in [-0.1, -0.05) is 53.6 Å². The summed E-state index contributed by atoms with van der Waals surface area (Å²) in [5.74, 6) is -0.312. The lowest BCUT2D eigenvalue weighted by Gasteiger charge is -2.34. The number of hydrogen-bond donors (Lipinski definition) is 2. The van der Waals surface area contributed by atoms with Crippen LogP contribution in [0.3, 0.4) is 0 Å². The molecule has 2 N–H and O–H groups in total. The average molecular weight is 517 g/mol. The summed E-state index contributed by atoms with van der Waals surface area (Å²) in [5.41, 5.74) is 0.522. The van der Waals surface area contributed by atoms with Gasteiger partial charge in [0.2, 0.25) is 0 Å². The average Bonchev–Trinajstić information content (AvgIpc) is 3.21. The van der Waals surface area contributed by atoms with Crippen LogP contribution in [0, 0.1) is 0 Å². The van der Waals surface area contributed by atoms with Crippen LogP contribution in [0.5, 0.6) is 5.75 Å². The highest BCUT2D eigenvalue weighted by Crippen LogP contribution is 2.54. The lowest BCUT2D eigenvalue weighted by atomic mass is 9.90. The molecular weight excluding hydrogens is 495 g/mol. The van der Waals surface area contributed by atoms with Crippen molar-refractivity contribution in [3.63, 3.8) is 0 Å². The molecule has 2 heterocycles. The quantitative estimate of drug-likeness (QED) is 0.458. The minimum atomic E-state index is -1.50. The number of benzene rings is 2. The summed E-state index contributed by atoms with van der Waals surface area (Å²) in [6, 6.07) is 12.5. The Hall–Kier alpha value is -2.87. The van der Waals surface area contributed by atoms with Crippen molar-refractivity contribution < 1.29 is 19.4 Å². The molecule has 1 atom stereocenters. The zero-order chi connectivity index (χ0) is 24.5. The molecule has 0 aromatic heterocycles. The Bertz CT molecular complexity index is 1240.